The highest BCUT2D eigenvalue weighted by Crippen LogP contribution is 2.20. The van der Waals surface area contributed by atoms with Crippen LogP contribution in [0.15, 0.2) is 53.3 Å². The lowest BCUT2D eigenvalue weighted by Crippen LogP contribution is -2.24. The van der Waals surface area contributed by atoms with Crippen LogP contribution in [0.3, 0.4) is 0 Å². The normalized spacial score (nSPS) is 10.4. The smallest absolute Gasteiger partial charge is 0.305 e. The molecule has 0 atom stereocenters. The molecule has 0 aliphatic carbocycles. The predicted octanol–water partition coefficient (Wildman–Crippen LogP) is 3.71. The molecule has 0 aliphatic rings. The Morgan fingerprint density at radius 1 is 0.950 bits per heavy atom. The Balaban J connectivity index is 0.000000336. The Bertz CT molecular complexity index is 1540. The molecule has 6 N–H and O–H groups in total. The average Bonchev–Trinajstić information content (AvgIpc) is 2.93. The number of para-hydroxylation sites is 1. The molecule has 0 unspecified atom stereocenters. The van der Waals surface area contributed by atoms with E-state index < -0.39 is 0 Å². The molecule has 208 valence electrons. The van der Waals surface area contributed by atoms with Gasteiger partial charge in [-0.15, -0.1) is 0 Å². The summed E-state index contributed by atoms with van der Waals surface area (Å²) >= 11 is 0. The number of fused-ring (bicyclic) bond motifs is 1. The summed E-state index contributed by atoms with van der Waals surface area (Å²) in [7, 11) is 1.41. The van der Waals surface area contributed by atoms with Crippen molar-refractivity contribution in [1.82, 2.24) is 19.5 Å². The van der Waals surface area contributed by atoms with E-state index in [1.807, 2.05) is 48.5 Å². The highest BCUT2D eigenvalue weighted by Gasteiger charge is 2.15. The Labute approximate surface area is 232 Å². The largest absolute Gasteiger partial charge is 0.469 e. The van der Waals surface area contributed by atoms with Crippen LogP contribution in [0, 0.1) is 11.3 Å². The number of anilines is 3. The number of benzene rings is 2. The second-order valence-corrected chi connectivity index (χ2v) is 9.04. The first kappa shape index (κ1) is 29.6. The van der Waals surface area contributed by atoms with Crippen molar-refractivity contribution >= 4 is 34.5 Å². The van der Waals surface area contributed by atoms with Crippen LogP contribution in [-0.2, 0) is 22.4 Å². The molecule has 11 nitrogen and oxygen atoms in total. The van der Waals surface area contributed by atoms with Crippen LogP contribution in [0.5, 0.6) is 0 Å². The lowest BCUT2D eigenvalue weighted by Gasteiger charge is -2.15. The number of nitrogens with two attached hydrogens (primary N) is 3. The molecule has 0 saturated heterocycles. The van der Waals surface area contributed by atoms with Gasteiger partial charge in [-0.2, -0.15) is 15.2 Å². The van der Waals surface area contributed by atoms with Crippen LogP contribution in [0.4, 0.5) is 17.6 Å². The number of ether oxygens (including phenoxy) is 1. The van der Waals surface area contributed by atoms with Gasteiger partial charge in [0.1, 0.15) is 29.1 Å². The Kier molecular flexibility index (Phi) is 10.5. The standard InChI is InChI=1S/C24H28N2O3.C5H6N6/c1-3-11-21-25-20-16-10-13-18(12-6-4-9-17-22(27)29-2)23(20)24(28)26(21)19-14-7-5-8-15-19;6-1-2-3(7)10-5(9)11-4(2)8/h5,7-8,10,13-16H,3-4,6,9,11-12,17H2,1-2H3;(H6,7,8,9,10,11). The van der Waals surface area contributed by atoms with Gasteiger partial charge in [-0.05, 0) is 49.4 Å². The number of unbranched alkanes of at least 4 members (excludes halogenated alkanes) is 2. The third-order valence-electron chi connectivity index (χ3n) is 6.19. The molecule has 2 aromatic heterocycles. The molecule has 40 heavy (non-hydrogen) atoms. The zero-order chi connectivity index (χ0) is 29.1. The topological polar surface area (TPSA) is 189 Å². The number of nitrogens with zero attached hydrogens (tertiary/aromatic N) is 5. The second-order valence-electron chi connectivity index (χ2n) is 9.04. The van der Waals surface area contributed by atoms with Gasteiger partial charge in [0.15, 0.2) is 0 Å². The summed E-state index contributed by atoms with van der Waals surface area (Å²) in [5, 5.41) is 9.16. The van der Waals surface area contributed by atoms with Gasteiger partial charge in [-0.3, -0.25) is 14.2 Å². The molecule has 0 fully saturated rings. The van der Waals surface area contributed by atoms with Crippen molar-refractivity contribution in [2.24, 2.45) is 0 Å². The second kappa shape index (κ2) is 14.2. The van der Waals surface area contributed by atoms with Crippen LogP contribution in [0.1, 0.15) is 56.0 Å². The van der Waals surface area contributed by atoms with Crippen LogP contribution in [0.25, 0.3) is 16.6 Å². The van der Waals surface area contributed by atoms with E-state index in [0.717, 1.165) is 61.1 Å². The number of carbonyl (C=O) groups excluding carboxylic acids is 1. The van der Waals surface area contributed by atoms with Crippen LogP contribution < -0.4 is 22.8 Å². The number of nitriles is 1. The molecule has 0 saturated carbocycles. The quantitative estimate of drug-likeness (QED) is 0.208. The fourth-order valence-electron chi connectivity index (χ4n) is 4.28. The summed E-state index contributed by atoms with van der Waals surface area (Å²) < 4.78 is 6.44. The molecule has 4 rings (SSSR count). The summed E-state index contributed by atoms with van der Waals surface area (Å²) in [5.41, 5.74) is 18.5. The number of rotatable bonds is 9. The minimum Gasteiger partial charge on any atom is -0.469 e. The van der Waals surface area contributed by atoms with Crippen LogP contribution >= 0.6 is 0 Å². The minimum absolute atomic E-state index is 0.00480. The zero-order valence-corrected chi connectivity index (χ0v) is 22.8. The number of esters is 1. The molecule has 2 aromatic carbocycles. The Hall–Kier alpha value is -4.98. The van der Waals surface area contributed by atoms with E-state index in [4.69, 9.17) is 27.4 Å². The van der Waals surface area contributed by atoms with Crippen molar-refractivity contribution < 1.29 is 9.53 Å². The predicted molar refractivity (Wildman–Crippen MR) is 156 cm³/mol. The molecule has 2 heterocycles. The van der Waals surface area contributed by atoms with Crippen molar-refractivity contribution in [2.45, 2.75) is 51.9 Å². The summed E-state index contributed by atoms with van der Waals surface area (Å²) in [6.07, 6.45) is 5.52. The first-order valence-electron chi connectivity index (χ1n) is 13.0. The van der Waals surface area contributed by atoms with Crippen molar-refractivity contribution in [3.8, 4) is 11.8 Å². The molecule has 0 radical (unpaired) electrons. The van der Waals surface area contributed by atoms with Gasteiger partial charge in [-0.1, -0.05) is 43.7 Å². The molecular weight excluding hydrogens is 508 g/mol. The third-order valence-corrected chi connectivity index (χ3v) is 6.19. The highest BCUT2D eigenvalue weighted by atomic mass is 16.5. The van der Waals surface area contributed by atoms with E-state index in [-0.39, 0.29) is 34.7 Å². The van der Waals surface area contributed by atoms with Crippen molar-refractivity contribution in [3.05, 3.63) is 75.8 Å². The summed E-state index contributed by atoms with van der Waals surface area (Å²) in [6.45, 7) is 2.09. The monoisotopic (exact) mass is 542 g/mol. The zero-order valence-electron chi connectivity index (χ0n) is 22.8. The van der Waals surface area contributed by atoms with E-state index in [0.29, 0.717) is 11.8 Å². The fraction of sp³-hybridized carbons (Fsp3) is 0.310. The van der Waals surface area contributed by atoms with Gasteiger partial charge in [-0.25, -0.2) is 4.98 Å². The number of hydrogen-bond donors (Lipinski definition) is 3. The summed E-state index contributed by atoms with van der Waals surface area (Å²) in [5.74, 6) is 0.619. The van der Waals surface area contributed by atoms with Gasteiger partial charge in [0.25, 0.3) is 5.56 Å². The Morgan fingerprint density at radius 2 is 1.65 bits per heavy atom. The third kappa shape index (κ3) is 7.32. The number of aryl methyl sites for hydroxylation is 2. The van der Waals surface area contributed by atoms with E-state index in [1.165, 1.54) is 7.11 Å². The Morgan fingerprint density at radius 3 is 2.27 bits per heavy atom. The number of aromatic nitrogens is 4. The maximum absolute atomic E-state index is 13.5. The minimum atomic E-state index is -0.173. The van der Waals surface area contributed by atoms with Gasteiger partial charge < -0.3 is 21.9 Å². The van der Waals surface area contributed by atoms with Crippen molar-refractivity contribution in [3.63, 3.8) is 0 Å². The number of nitrogen functional groups attached to an aromatic ring is 3. The van der Waals surface area contributed by atoms with Crippen molar-refractivity contribution in [2.75, 3.05) is 24.3 Å². The van der Waals surface area contributed by atoms with Crippen LogP contribution in [-0.4, -0.2) is 32.6 Å². The van der Waals surface area contributed by atoms with E-state index >= 15 is 0 Å². The summed E-state index contributed by atoms with van der Waals surface area (Å²) in [4.78, 5) is 36.7. The van der Waals surface area contributed by atoms with E-state index in [1.54, 1.807) is 10.6 Å². The lowest BCUT2D eigenvalue weighted by molar-refractivity contribution is -0.140. The lowest BCUT2D eigenvalue weighted by atomic mass is 10.0. The number of methoxy groups -OCH3 is 1. The molecule has 0 bridgehead atoms. The molecule has 4 aromatic rings. The molecular formula is C29H34N8O3. The first-order valence-corrected chi connectivity index (χ1v) is 13.0. The van der Waals surface area contributed by atoms with Crippen molar-refractivity contribution in [1.29, 1.82) is 5.26 Å². The van der Waals surface area contributed by atoms with E-state index in [2.05, 4.69) is 21.6 Å². The first-order chi connectivity index (χ1) is 19.3. The van der Waals surface area contributed by atoms with Gasteiger partial charge in [0.05, 0.1) is 23.7 Å². The fourth-order valence-corrected chi connectivity index (χ4v) is 4.28. The molecule has 0 aliphatic heterocycles. The molecule has 0 spiro atoms. The maximum atomic E-state index is 13.5. The van der Waals surface area contributed by atoms with E-state index in [9.17, 15) is 9.59 Å². The van der Waals surface area contributed by atoms with Gasteiger partial charge >= 0.3 is 5.97 Å². The number of hydrogen-bond acceptors (Lipinski definition) is 10. The van der Waals surface area contributed by atoms with Gasteiger partial charge in [0, 0.05) is 12.8 Å². The SMILES string of the molecule is CCCc1nc2cccc(CCCCCC(=O)OC)c2c(=O)n1-c1ccccc1.N#Cc1c(N)nc(N)nc1N. The van der Waals surface area contributed by atoms with Gasteiger partial charge in [0.2, 0.25) is 5.95 Å². The summed E-state index contributed by atoms with van der Waals surface area (Å²) in [6, 6.07) is 17.4. The number of carbonyl (C=O) groups is 1. The molecule has 0 amide bonds. The highest BCUT2D eigenvalue weighted by molar-refractivity contribution is 5.81. The van der Waals surface area contributed by atoms with Crippen LogP contribution in [0.2, 0.25) is 0 Å². The maximum Gasteiger partial charge on any atom is 0.305 e. The average molecular weight is 543 g/mol. The molecule has 11 heteroatoms.